The number of hydrogen-bond donors (Lipinski definition) is 5. The molecule has 5 N–H and O–H groups in total. The predicted octanol–water partition coefficient (Wildman–Crippen LogP) is -3.38. The molecular weight excluding hydrogens is 170 g/mol. The van der Waals surface area contributed by atoms with Gasteiger partial charge in [-0.2, -0.15) is 0 Å². The molecule has 0 aromatic rings. The van der Waals surface area contributed by atoms with E-state index in [0.29, 0.717) is 0 Å². The summed E-state index contributed by atoms with van der Waals surface area (Å²) in [6.07, 6.45) is -6.84. The Hall–Kier alpha value is -0.530. The lowest BCUT2D eigenvalue weighted by molar-refractivity contribution is -0.136. The van der Waals surface area contributed by atoms with Gasteiger partial charge in [-0.25, -0.2) is 0 Å². The van der Waals surface area contributed by atoms with Crippen LogP contribution < -0.4 is 0 Å². The van der Waals surface area contributed by atoms with Gasteiger partial charge < -0.3 is 30.3 Å². The standard InChI is InChI=1S/C6H12O6/c7-1-3(9)5(11)6(12)4(10)2-8/h1,3-6,8-12H,2H2/t3-,4-,5-,6+/m1/s1/i1+1,3+1. The lowest BCUT2D eigenvalue weighted by atomic mass is 10.1. The molecule has 0 bridgehead atoms. The minimum absolute atomic E-state index is 0.0258. The number of aliphatic hydroxyl groups is 5. The lowest BCUT2D eigenvalue weighted by Crippen LogP contribution is -2.46. The summed E-state index contributed by atoms with van der Waals surface area (Å²) in [4.78, 5) is 9.90. The van der Waals surface area contributed by atoms with Gasteiger partial charge in [-0.15, -0.1) is 0 Å². The molecule has 0 aliphatic carbocycles. The Bertz CT molecular complexity index is 138. The van der Waals surface area contributed by atoms with Crippen molar-refractivity contribution < 1.29 is 30.3 Å². The summed E-state index contributed by atoms with van der Waals surface area (Å²) >= 11 is 0. The maximum Gasteiger partial charge on any atom is 0.151 e. The van der Waals surface area contributed by atoms with E-state index in [1.807, 2.05) is 0 Å². The monoisotopic (exact) mass is 182 g/mol. The van der Waals surface area contributed by atoms with Gasteiger partial charge in [0.05, 0.1) is 6.61 Å². The molecule has 0 saturated heterocycles. The van der Waals surface area contributed by atoms with E-state index >= 15 is 0 Å². The highest BCUT2D eigenvalue weighted by Crippen LogP contribution is 2.02. The fourth-order valence-electron chi connectivity index (χ4n) is 0.618. The quantitative estimate of drug-likeness (QED) is 0.223. The van der Waals surface area contributed by atoms with Crippen LogP contribution >= 0.6 is 0 Å². The average Bonchev–Trinajstić information content (AvgIpc) is 2.12. The van der Waals surface area contributed by atoms with Crippen molar-refractivity contribution in [1.82, 2.24) is 0 Å². The van der Waals surface area contributed by atoms with Gasteiger partial charge in [-0.1, -0.05) is 0 Å². The van der Waals surface area contributed by atoms with E-state index in [4.69, 9.17) is 25.5 Å². The van der Waals surface area contributed by atoms with Crippen molar-refractivity contribution in [3.8, 4) is 0 Å². The molecule has 0 heterocycles. The molecule has 0 fully saturated rings. The Kier molecular flexibility index (Phi) is 4.95. The van der Waals surface area contributed by atoms with Crippen molar-refractivity contribution in [3.63, 3.8) is 0 Å². The van der Waals surface area contributed by atoms with Gasteiger partial charge in [0.15, 0.2) is 6.29 Å². The van der Waals surface area contributed by atoms with E-state index < -0.39 is 31.0 Å². The summed E-state index contributed by atoms with van der Waals surface area (Å²) in [5.41, 5.74) is 0. The van der Waals surface area contributed by atoms with Gasteiger partial charge in [0.1, 0.15) is 24.4 Å². The highest BCUT2D eigenvalue weighted by Gasteiger charge is 2.29. The number of aldehydes is 1. The fraction of sp³-hybridized carbons (Fsp3) is 0.833. The molecule has 0 aliphatic heterocycles. The van der Waals surface area contributed by atoms with Crippen molar-refractivity contribution in [2.45, 2.75) is 24.4 Å². The van der Waals surface area contributed by atoms with E-state index in [-0.39, 0.29) is 6.29 Å². The van der Waals surface area contributed by atoms with Gasteiger partial charge in [-0.3, -0.25) is 0 Å². The molecule has 0 saturated carbocycles. The zero-order valence-corrected chi connectivity index (χ0v) is 6.24. The van der Waals surface area contributed by atoms with Crippen LogP contribution in [0.4, 0.5) is 0 Å². The van der Waals surface area contributed by atoms with Gasteiger partial charge in [0.25, 0.3) is 0 Å². The predicted molar refractivity (Wildman–Crippen MR) is 37.2 cm³/mol. The van der Waals surface area contributed by atoms with E-state index in [2.05, 4.69) is 0 Å². The molecule has 0 spiro atoms. The first-order valence-electron chi connectivity index (χ1n) is 3.33. The molecule has 6 nitrogen and oxygen atoms in total. The van der Waals surface area contributed by atoms with E-state index in [9.17, 15) is 4.79 Å². The zero-order chi connectivity index (χ0) is 9.72. The highest BCUT2D eigenvalue weighted by molar-refractivity contribution is 5.56. The van der Waals surface area contributed by atoms with Crippen LogP contribution in [0.1, 0.15) is 0 Å². The number of carbonyl (C=O) groups excluding carboxylic acids is 1. The minimum atomic E-state index is -1.79. The van der Waals surface area contributed by atoms with Crippen molar-refractivity contribution in [2.75, 3.05) is 6.61 Å². The molecule has 0 radical (unpaired) electrons. The van der Waals surface area contributed by atoms with E-state index in [1.54, 1.807) is 0 Å². The van der Waals surface area contributed by atoms with E-state index in [1.165, 1.54) is 0 Å². The van der Waals surface area contributed by atoms with Gasteiger partial charge in [0.2, 0.25) is 0 Å². The van der Waals surface area contributed by atoms with Gasteiger partial charge >= 0.3 is 0 Å². The number of carbonyl (C=O) groups is 1. The second kappa shape index (κ2) is 5.18. The van der Waals surface area contributed by atoms with Crippen molar-refractivity contribution in [1.29, 1.82) is 0 Å². The second-order valence-corrected chi connectivity index (χ2v) is 2.36. The smallest absolute Gasteiger partial charge is 0.151 e. The summed E-state index contributed by atoms with van der Waals surface area (Å²) in [5.74, 6) is 0. The normalized spacial score (nSPS) is 21.1. The minimum Gasteiger partial charge on any atom is -0.394 e. The van der Waals surface area contributed by atoms with Gasteiger partial charge in [0, 0.05) is 0 Å². The first-order chi connectivity index (χ1) is 5.54. The average molecular weight is 182 g/mol. The summed E-state index contributed by atoms with van der Waals surface area (Å²) in [6.45, 7) is -0.760. The Morgan fingerprint density at radius 2 is 1.58 bits per heavy atom. The second-order valence-electron chi connectivity index (χ2n) is 2.36. The molecule has 72 valence electrons. The first-order valence-corrected chi connectivity index (χ1v) is 3.33. The number of aliphatic hydroxyl groups excluding tert-OH is 5. The molecule has 0 rings (SSSR count). The van der Waals surface area contributed by atoms with Crippen molar-refractivity contribution >= 4 is 6.29 Å². The third kappa shape index (κ3) is 2.84. The molecule has 0 unspecified atom stereocenters. The molecule has 0 amide bonds. The maximum atomic E-state index is 9.90. The SMILES string of the molecule is O=[13CH][13C@@H](O)[C@@H](O)[C@@H](O)[C@H](O)CO. The molecule has 6 heteroatoms. The van der Waals surface area contributed by atoms with Crippen LogP contribution in [-0.2, 0) is 4.79 Å². The molecule has 4 atom stereocenters. The largest absolute Gasteiger partial charge is 0.394 e. The third-order valence-corrected chi connectivity index (χ3v) is 1.42. The topological polar surface area (TPSA) is 118 Å². The lowest BCUT2D eigenvalue weighted by Gasteiger charge is -2.22. The van der Waals surface area contributed by atoms with Crippen LogP contribution in [-0.4, -0.2) is 62.8 Å². The highest BCUT2D eigenvalue weighted by atomic mass is 16.4. The Morgan fingerprint density at radius 3 is 1.92 bits per heavy atom. The van der Waals surface area contributed by atoms with Crippen LogP contribution in [0.2, 0.25) is 0 Å². The summed E-state index contributed by atoms with van der Waals surface area (Å²) in [6, 6.07) is 0. The van der Waals surface area contributed by atoms with Crippen LogP contribution in [0.15, 0.2) is 0 Å². The summed E-state index contributed by atoms with van der Waals surface area (Å²) < 4.78 is 0. The number of rotatable bonds is 5. The van der Waals surface area contributed by atoms with Crippen LogP contribution in [0.5, 0.6) is 0 Å². The summed E-state index contributed by atoms with van der Waals surface area (Å²) in [5, 5.41) is 43.5. The van der Waals surface area contributed by atoms with Crippen LogP contribution in [0.3, 0.4) is 0 Å². The molecular formula is C6H12O6. The van der Waals surface area contributed by atoms with Gasteiger partial charge in [-0.05, 0) is 0 Å². The van der Waals surface area contributed by atoms with Crippen LogP contribution in [0.25, 0.3) is 0 Å². The van der Waals surface area contributed by atoms with Crippen molar-refractivity contribution in [3.05, 3.63) is 0 Å². The molecule has 0 aromatic carbocycles. The zero-order valence-electron chi connectivity index (χ0n) is 6.24. The van der Waals surface area contributed by atoms with Crippen LogP contribution in [0, 0.1) is 0 Å². The molecule has 12 heavy (non-hydrogen) atoms. The Labute approximate surface area is 68.7 Å². The Balaban J connectivity index is 4.07. The first kappa shape index (κ1) is 11.5. The van der Waals surface area contributed by atoms with E-state index in [0.717, 1.165) is 0 Å². The molecule has 0 aliphatic rings. The Morgan fingerprint density at radius 1 is 1.08 bits per heavy atom. The fourth-order valence-corrected chi connectivity index (χ4v) is 0.618. The maximum absolute atomic E-state index is 9.90. The third-order valence-electron chi connectivity index (χ3n) is 1.42. The summed E-state index contributed by atoms with van der Waals surface area (Å²) in [7, 11) is 0. The number of hydrogen-bond acceptors (Lipinski definition) is 6. The van der Waals surface area contributed by atoms with Crippen molar-refractivity contribution in [2.24, 2.45) is 0 Å². The molecule has 0 aromatic heterocycles.